The minimum Gasteiger partial charge on any atom is -0.379 e. The molecule has 2 N–H and O–H groups in total. The highest BCUT2D eigenvalue weighted by Gasteiger charge is 2.34. The van der Waals surface area contributed by atoms with Gasteiger partial charge in [-0.25, -0.2) is 8.78 Å². The first-order valence-corrected chi connectivity index (χ1v) is 7.72. The fourth-order valence-corrected chi connectivity index (χ4v) is 3.50. The van der Waals surface area contributed by atoms with Gasteiger partial charge in [0.2, 0.25) is 0 Å². The number of hydrogen-bond acceptors (Lipinski definition) is 3. The van der Waals surface area contributed by atoms with Gasteiger partial charge < -0.3 is 15.4 Å². The molecule has 1 aromatic rings. The Morgan fingerprint density at radius 2 is 2.14 bits per heavy atom. The molecular formula is C16H23ClF2N2O. The van der Waals surface area contributed by atoms with E-state index in [-0.39, 0.29) is 18.2 Å². The summed E-state index contributed by atoms with van der Waals surface area (Å²) in [5.41, 5.74) is 0.397. The van der Waals surface area contributed by atoms with Gasteiger partial charge in [0.25, 0.3) is 0 Å². The summed E-state index contributed by atoms with van der Waals surface area (Å²) in [6.45, 7) is 2.79. The van der Waals surface area contributed by atoms with Crippen molar-refractivity contribution >= 4 is 12.4 Å². The first-order chi connectivity index (χ1) is 10.2. The molecule has 3 unspecified atom stereocenters. The summed E-state index contributed by atoms with van der Waals surface area (Å²) < 4.78 is 32.4. The third kappa shape index (κ3) is 4.16. The molecule has 1 aliphatic heterocycles. The van der Waals surface area contributed by atoms with Crippen LogP contribution in [0.25, 0.3) is 0 Å². The van der Waals surface area contributed by atoms with Crippen molar-refractivity contribution in [1.29, 1.82) is 0 Å². The number of ether oxygens (including phenoxy) is 1. The van der Waals surface area contributed by atoms with E-state index in [1.54, 1.807) is 0 Å². The van der Waals surface area contributed by atoms with E-state index in [9.17, 15) is 8.78 Å². The first-order valence-electron chi connectivity index (χ1n) is 7.72. The Bertz CT molecular complexity index is 483. The quantitative estimate of drug-likeness (QED) is 0.889. The van der Waals surface area contributed by atoms with Crippen LogP contribution in [-0.4, -0.2) is 31.8 Å². The van der Waals surface area contributed by atoms with E-state index in [0.717, 1.165) is 38.7 Å². The smallest absolute Gasteiger partial charge is 0.127 e. The molecule has 22 heavy (non-hydrogen) atoms. The molecule has 124 valence electrons. The van der Waals surface area contributed by atoms with Crippen molar-refractivity contribution in [2.45, 2.75) is 37.9 Å². The highest BCUT2D eigenvalue weighted by molar-refractivity contribution is 5.85. The molecule has 1 saturated heterocycles. The number of morpholine rings is 1. The Balaban J connectivity index is 0.00000176. The molecule has 0 bridgehead atoms. The fourth-order valence-electron chi connectivity index (χ4n) is 3.50. The van der Waals surface area contributed by atoms with E-state index in [2.05, 4.69) is 10.6 Å². The third-order valence-corrected chi connectivity index (χ3v) is 4.60. The average molecular weight is 333 g/mol. The Morgan fingerprint density at radius 3 is 2.91 bits per heavy atom. The zero-order valence-electron chi connectivity index (χ0n) is 12.5. The summed E-state index contributed by atoms with van der Waals surface area (Å²) in [6.07, 6.45) is 3.41. The van der Waals surface area contributed by atoms with Crippen molar-refractivity contribution in [2.75, 3.05) is 19.8 Å². The zero-order valence-corrected chi connectivity index (χ0v) is 13.3. The van der Waals surface area contributed by atoms with Gasteiger partial charge in [0.05, 0.1) is 13.2 Å². The van der Waals surface area contributed by atoms with Crippen LogP contribution in [0.1, 0.15) is 24.8 Å². The van der Waals surface area contributed by atoms with Crippen LogP contribution in [0.5, 0.6) is 0 Å². The van der Waals surface area contributed by atoms with Gasteiger partial charge in [0.1, 0.15) is 11.6 Å². The molecule has 6 heteroatoms. The standard InChI is InChI=1S/C16H22F2N2O.ClH/c17-12-4-5-14(18)11(8-12)9-20-15-3-1-2-13(15)16-10-21-7-6-19-16;/h4-5,8,13,15-16,19-20H,1-3,6-7,9-10H2;1H. The second-order valence-corrected chi connectivity index (χ2v) is 5.95. The van der Waals surface area contributed by atoms with Crippen LogP contribution in [0, 0.1) is 17.6 Å². The number of nitrogens with one attached hydrogen (secondary N) is 2. The lowest BCUT2D eigenvalue weighted by Crippen LogP contribution is -2.50. The van der Waals surface area contributed by atoms with Gasteiger partial charge in [-0.2, -0.15) is 0 Å². The minimum atomic E-state index is -0.390. The summed E-state index contributed by atoms with van der Waals surface area (Å²) in [7, 11) is 0. The maximum absolute atomic E-state index is 13.7. The van der Waals surface area contributed by atoms with Crippen LogP contribution in [-0.2, 0) is 11.3 Å². The molecule has 1 saturated carbocycles. The summed E-state index contributed by atoms with van der Waals surface area (Å²) >= 11 is 0. The van der Waals surface area contributed by atoms with Gasteiger partial charge in [0, 0.05) is 30.7 Å². The van der Waals surface area contributed by atoms with E-state index < -0.39 is 5.82 Å². The highest BCUT2D eigenvalue weighted by Crippen LogP contribution is 2.29. The van der Waals surface area contributed by atoms with E-state index in [0.29, 0.717) is 30.1 Å². The van der Waals surface area contributed by atoms with Gasteiger partial charge >= 0.3 is 0 Å². The molecule has 3 atom stereocenters. The molecule has 0 amide bonds. The van der Waals surface area contributed by atoms with Crippen LogP contribution in [0.15, 0.2) is 18.2 Å². The Labute approximate surface area is 136 Å². The number of rotatable bonds is 4. The van der Waals surface area contributed by atoms with Crippen molar-refractivity contribution in [3.63, 3.8) is 0 Å². The Kier molecular flexibility index (Phi) is 6.56. The van der Waals surface area contributed by atoms with E-state index >= 15 is 0 Å². The van der Waals surface area contributed by atoms with Gasteiger partial charge in [-0.15, -0.1) is 12.4 Å². The molecule has 0 spiro atoms. The van der Waals surface area contributed by atoms with Crippen LogP contribution in [0.2, 0.25) is 0 Å². The fraction of sp³-hybridized carbons (Fsp3) is 0.625. The monoisotopic (exact) mass is 332 g/mol. The molecule has 1 aromatic carbocycles. The third-order valence-electron chi connectivity index (χ3n) is 4.60. The maximum Gasteiger partial charge on any atom is 0.127 e. The molecule has 3 rings (SSSR count). The summed E-state index contributed by atoms with van der Waals surface area (Å²) in [5, 5.41) is 6.92. The predicted molar refractivity (Wildman–Crippen MR) is 84.2 cm³/mol. The Hall–Kier alpha value is -0.750. The van der Waals surface area contributed by atoms with Gasteiger partial charge in [-0.1, -0.05) is 6.42 Å². The van der Waals surface area contributed by atoms with Gasteiger partial charge in [-0.3, -0.25) is 0 Å². The van der Waals surface area contributed by atoms with Crippen LogP contribution in [0.3, 0.4) is 0 Å². The SMILES string of the molecule is Cl.Fc1ccc(F)c(CNC2CCCC2C2COCCN2)c1. The van der Waals surface area contributed by atoms with Gasteiger partial charge in [0.15, 0.2) is 0 Å². The molecular weight excluding hydrogens is 310 g/mol. The largest absolute Gasteiger partial charge is 0.379 e. The second-order valence-electron chi connectivity index (χ2n) is 5.95. The van der Waals surface area contributed by atoms with Crippen molar-refractivity contribution in [2.24, 2.45) is 5.92 Å². The van der Waals surface area contributed by atoms with Crippen molar-refractivity contribution in [3.8, 4) is 0 Å². The van der Waals surface area contributed by atoms with E-state index in [1.807, 2.05) is 0 Å². The Morgan fingerprint density at radius 1 is 1.27 bits per heavy atom. The summed E-state index contributed by atoms with van der Waals surface area (Å²) in [5.74, 6) is -0.238. The second kappa shape index (κ2) is 8.20. The minimum absolute atomic E-state index is 0. The van der Waals surface area contributed by atoms with Crippen LogP contribution < -0.4 is 10.6 Å². The molecule has 1 aliphatic carbocycles. The molecule has 3 nitrogen and oxygen atoms in total. The van der Waals surface area contributed by atoms with Crippen LogP contribution >= 0.6 is 12.4 Å². The predicted octanol–water partition coefficient (Wildman–Crippen LogP) is 2.63. The van der Waals surface area contributed by atoms with E-state index in [1.165, 1.54) is 18.6 Å². The van der Waals surface area contributed by atoms with Crippen molar-refractivity contribution in [3.05, 3.63) is 35.4 Å². The van der Waals surface area contributed by atoms with Gasteiger partial charge in [-0.05, 0) is 37.0 Å². The normalized spacial score (nSPS) is 28.4. The molecule has 2 fully saturated rings. The zero-order chi connectivity index (χ0) is 14.7. The lowest BCUT2D eigenvalue weighted by atomic mass is 9.94. The number of benzene rings is 1. The van der Waals surface area contributed by atoms with Crippen molar-refractivity contribution in [1.82, 2.24) is 10.6 Å². The lowest BCUT2D eigenvalue weighted by molar-refractivity contribution is 0.0524. The number of hydrogen-bond donors (Lipinski definition) is 2. The summed E-state index contributed by atoms with van der Waals surface area (Å²) in [6, 6.07) is 4.33. The topological polar surface area (TPSA) is 33.3 Å². The maximum atomic E-state index is 13.7. The first kappa shape index (κ1) is 17.6. The van der Waals surface area contributed by atoms with Crippen LogP contribution in [0.4, 0.5) is 8.78 Å². The molecule has 1 heterocycles. The molecule has 0 aromatic heterocycles. The van der Waals surface area contributed by atoms with E-state index in [4.69, 9.17) is 4.74 Å². The average Bonchev–Trinajstić information content (AvgIpc) is 2.97. The molecule has 2 aliphatic rings. The summed E-state index contributed by atoms with van der Waals surface area (Å²) in [4.78, 5) is 0. The lowest BCUT2D eigenvalue weighted by Gasteiger charge is -2.33. The number of halogens is 3. The highest BCUT2D eigenvalue weighted by atomic mass is 35.5. The molecule has 0 radical (unpaired) electrons. The van der Waals surface area contributed by atoms with Crippen molar-refractivity contribution < 1.29 is 13.5 Å².